The Bertz CT molecular complexity index is 705. The molecule has 0 fully saturated rings. The highest BCUT2D eigenvalue weighted by molar-refractivity contribution is 5.90. The third-order valence-electron chi connectivity index (χ3n) is 2.77. The van der Waals surface area contributed by atoms with Crippen molar-refractivity contribution in [2.75, 3.05) is 12.3 Å². The lowest BCUT2D eigenvalue weighted by atomic mass is 10.1. The topological polar surface area (TPSA) is 89.7 Å². The summed E-state index contributed by atoms with van der Waals surface area (Å²) in [6.45, 7) is 2.60. The third-order valence-corrected chi connectivity index (χ3v) is 2.77. The molecule has 2 heterocycles. The fraction of sp³-hybridized carbons (Fsp3) is 0.154. The molecule has 1 aromatic carbocycles. The molecule has 0 aliphatic heterocycles. The SMILES string of the molecule is CCOc1ccc(-c2nc(N)nc3[nH]ncc23)cc1. The summed E-state index contributed by atoms with van der Waals surface area (Å²) in [4.78, 5) is 8.38. The molecule has 0 saturated carbocycles. The van der Waals surface area contributed by atoms with Crippen LogP contribution in [0.4, 0.5) is 5.95 Å². The predicted molar refractivity (Wildman–Crippen MR) is 72.7 cm³/mol. The molecule has 3 rings (SSSR count). The fourth-order valence-electron chi connectivity index (χ4n) is 1.95. The lowest BCUT2D eigenvalue weighted by molar-refractivity contribution is 0.340. The van der Waals surface area contributed by atoms with Gasteiger partial charge in [-0.25, -0.2) is 4.98 Å². The summed E-state index contributed by atoms with van der Waals surface area (Å²) in [6, 6.07) is 7.70. The third kappa shape index (κ3) is 2.08. The van der Waals surface area contributed by atoms with E-state index in [1.165, 1.54) is 0 Å². The van der Waals surface area contributed by atoms with Crippen LogP contribution in [0.5, 0.6) is 5.75 Å². The molecular weight excluding hydrogens is 242 g/mol. The number of anilines is 1. The minimum Gasteiger partial charge on any atom is -0.494 e. The van der Waals surface area contributed by atoms with Gasteiger partial charge in [-0.2, -0.15) is 10.1 Å². The van der Waals surface area contributed by atoms with Crippen LogP contribution < -0.4 is 10.5 Å². The van der Waals surface area contributed by atoms with Crippen LogP contribution >= 0.6 is 0 Å². The zero-order chi connectivity index (χ0) is 13.2. The van der Waals surface area contributed by atoms with Gasteiger partial charge in [-0.15, -0.1) is 0 Å². The summed E-state index contributed by atoms with van der Waals surface area (Å²) in [5.41, 5.74) is 8.05. The summed E-state index contributed by atoms with van der Waals surface area (Å²) in [5.74, 6) is 1.05. The van der Waals surface area contributed by atoms with Gasteiger partial charge in [0.25, 0.3) is 0 Å². The van der Waals surface area contributed by atoms with Crippen LogP contribution in [0.3, 0.4) is 0 Å². The number of nitrogens with one attached hydrogen (secondary N) is 1. The Balaban J connectivity index is 2.10. The van der Waals surface area contributed by atoms with Gasteiger partial charge in [-0.1, -0.05) is 0 Å². The summed E-state index contributed by atoms with van der Waals surface area (Å²) < 4.78 is 5.42. The van der Waals surface area contributed by atoms with Gasteiger partial charge in [-0.3, -0.25) is 5.10 Å². The van der Waals surface area contributed by atoms with Gasteiger partial charge in [0.05, 0.1) is 23.9 Å². The number of aromatic nitrogens is 4. The Morgan fingerprint density at radius 1 is 1.21 bits per heavy atom. The molecule has 0 saturated heterocycles. The average Bonchev–Trinajstić information content (AvgIpc) is 2.87. The van der Waals surface area contributed by atoms with Gasteiger partial charge < -0.3 is 10.5 Å². The van der Waals surface area contributed by atoms with E-state index < -0.39 is 0 Å². The molecule has 3 N–H and O–H groups in total. The molecule has 2 aromatic heterocycles. The first-order chi connectivity index (χ1) is 9.28. The second-order valence-corrected chi connectivity index (χ2v) is 4.02. The summed E-state index contributed by atoms with van der Waals surface area (Å²) in [7, 11) is 0. The zero-order valence-electron chi connectivity index (χ0n) is 10.4. The lowest BCUT2D eigenvalue weighted by Gasteiger charge is -2.06. The summed E-state index contributed by atoms with van der Waals surface area (Å²) >= 11 is 0. The number of nitrogen functional groups attached to an aromatic ring is 1. The van der Waals surface area contributed by atoms with Crippen LogP contribution in [0, 0.1) is 0 Å². The van der Waals surface area contributed by atoms with Crippen LogP contribution in [0.25, 0.3) is 22.3 Å². The second kappa shape index (κ2) is 4.56. The van der Waals surface area contributed by atoms with E-state index in [4.69, 9.17) is 10.5 Å². The Hall–Kier alpha value is -2.63. The van der Waals surface area contributed by atoms with Gasteiger partial charge in [0, 0.05) is 5.56 Å². The molecular formula is C13H13N5O. The number of nitrogens with zero attached hydrogens (tertiary/aromatic N) is 3. The largest absolute Gasteiger partial charge is 0.494 e. The van der Waals surface area contributed by atoms with E-state index in [1.807, 2.05) is 31.2 Å². The van der Waals surface area contributed by atoms with Gasteiger partial charge in [0.1, 0.15) is 5.75 Å². The van der Waals surface area contributed by atoms with Gasteiger partial charge >= 0.3 is 0 Å². The minimum absolute atomic E-state index is 0.223. The summed E-state index contributed by atoms with van der Waals surface area (Å²) in [6.07, 6.45) is 1.70. The first-order valence-electron chi connectivity index (χ1n) is 5.97. The smallest absolute Gasteiger partial charge is 0.222 e. The first kappa shape index (κ1) is 11.5. The highest BCUT2D eigenvalue weighted by Gasteiger charge is 2.10. The van der Waals surface area contributed by atoms with Crippen molar-refractivity contribution in [3.8, 4) is 17.0 Å². The van der Waals surface area contributed by atoms with Crippen molar-refractivity contribution in [1.82, 2.24) is 20.2 Å². The Morgan fingerprint density at radius 2 is 2.00 bits per heavy atom. The number of nitrogens with two attached hydrogens (primary N) is 1. The number of aromatic amines is 1. The van der Waals surface area contributed by atoms with Crippen molar-refractivity contribution in [2.45, 2.75) is 6.92 Å². The Kier molecular flexibility index (Phi) is 2.75. The molecule has 0 spiro atoms. The highest BCUT2D eigenvalue weighted by atomic mass is 16.5. The average molecular weight is 255 g/mol. The van der Waals surface area contributed by atoms with Crippen molar-refractivity contribution in [1.29, 1.82) is 0 Å². The Labute approximate surface area is 109 Å². The second-order valence-electron chi connectivity index (χ2n) is 4.02. The maximum atomic E-state index is 5.70. The van der Waals surface area contributed by atoms with Gasteiger partial charge in [0.2, 0.25) is 5.95 Å². The maximum Gasteiger partial charge on any atom is 0.222 e. The highest BCUT2D eigenvalue weighted by Crippen LogP contribution is 2.27. The number of ether oxygens (including phenoxy) is 1. The van der Waals surface area contributed by atoms with E-state index in [9.17, 15) is 0 Å². The van der Waals surface area contributed by atoms with Crippen LogP contribution in [0.2, 0.25) is 0 Å². The molecule has 19 heavy (non-hydrogen) atoms. The number of benzene rings is 1. The fourth-order valence-corrected chi connectivity index (χ4v) is 1.95. The number of H-pyrrole nitrogens is 1. The van der Waals surface area contributed by atoms with E-state index in [-0.39, 0.29) is 5.95 Å². The van der Waals surface area contributed by atoms with Crippen molar-refractivity contribution in [3.63, 3.8) is 0 Å². The number of rotatable bonds is 3. The molecule has 0 atom stereocenters. The first-order valence-corrected chi connectivity index (χ1v) is 5.97. The van der Waals surface area contributed by atoms with Crippen LogP contribution in [-0.4, -0.2) is 26.8 Å². The van der Waals surface area contributed by atoms with Crippen molar-refractivity contribution >= 4 is 17.0 Å². The van der Waals surface area contributed by atoms with Crippen LogP contribution in [-0.2, 0) is 0 Å². The van der Waals surface area contributed by atoms with Gasteiger partial charge in [0.15, 0.2) is 5.65 Å². The van der Waals surface area contributed by atoms with E-state index in [0.29, 0.717) is 12.3 Å². The molecule has 96 valence electrons. The Morgan fingerprint density at radius 3 is 2.74 bits per heavy atom. The van der Waals surface area contributed by atoms with Crippen LogP contribution in [0.1, 0.15) is 6.92 Å². The van der Waals surface area contributed by atoms with E-state index >= 15 is 0 Å². The number of hydrogen-bond donors (Lipinski definition) is 2. The van der Waals surface area contributed by atoms with Gasteiger partial charge in [-0.05, 0) is 31.2 Å². The zero-order valence-corrected chi connectivity index (χ0v) is 10.4. The van der Waals surface area contributed by atoms with Crippen molar-refractivity contribution in [2.24, 2.45) is 0 Å². The maximum absolute atomic E-state index is 5.70. The quantitative estimate of drug-likeness (QED) is 0.747. The number of fused-ring (bicyclic) bond motifs is 1. The number of hydrogen-bond acceptors (Lipinski definition) is 5. The van der Waals surface area contributed by atoms with Crippen molar-refractivity contribution in [3.05, 3.63) is 30.5 Å². The molecule has 6 heteroatoms. The predicted octanol–water partition coefficient (Wildman–Crippen LogP) is 2.00. The van der Waals surface area contributed by atoms with Crippen LogP contribution in [0.15, 0.2) is 30.5 Å². The van der Waals surface area contributed by atoms with E-state index in [2.05, 4.69) is 20.2 Å². The monoisotopic (exact) mass is 255 g/mol. The van der Waals surface area contributed by atoms with Crippen molar-refractivity contribution < 1.29 is 4.74 Å². The molecule has 0 radical (unpaired) electrons. The lowest BCUT2D eigenvalue weighted by Crippen LogP contribution is -1.97. The molecule has 3 aromatic rings. The molecule has 6 nitrogen and oxygen atoms in total. The van der Waals surface area contributed by atoms with E-state index in [1.54, 1.807) is 6.20 Å². The standard InChI is InChI=1S/C13H13N5O/c1-2-19-9-5-3-8(4-6-9)11-10-7-15-18-12(10)17-13(14)16-11/h3-7H,2H2,1H3,(H3,14,15,16,17,18). The summed E-state index contributed by atoms with van der Waals surface area (Å²) in [5, 5.41) is 7.61. The molecule has 0 aliphatic carbocycles. The molecule has 0 aliphatic rings. The minimum atomic E-state index is 0.223. The normalized spacial score (nSPS) is 10.8. The molecule has 0 unspecified atom stereocenters. The molecule has 0 bridgehead atoms. The molecule has 0 amide bonds. The van der Waals surface area contributed by atoms with E-state index in [0.717, 1.165) is 22.4 Å².